The number of aliphatic hydroxyl groups is 1. The van der Waals surface area contributed by atoms with E-state index in [4.69, 9.17) is 4.74 Å². The maximum atomic E-state index is 12.1. The summed E-state index contributed by atoms with van der Waals surface area (Å²) in [4.78, 5) is 13.7. The molecule has 2 aromatic carbocycles. The van der Waals surface area contributed by atoms with E-state index in [1.807, 2.05) is 30.3 Å². The zero-order valence-electron chi connectivity index (χ0n) is 11.2. The molecule has 0 aliphatic carbocycles. The summed E-state index contributed by atoms with van der Waals surface area (Å²) in [7, 11) is 0. The van der Waals surface area contributed by atoms with Gasteiger partial charge in [-0.15, -0.1) is 0 Å². The van der Waals surface area contributed by atoms with E-state index in [0.717, 1.165) is 5.56 Å². The first kappa shape index (κ1) is 13.5. The summed E-state index contributed by atoms with van der Waals surface area (Å²) in [6.45, 7) is -0.263. The second-order valence-electron chi connectivity index (χ2n) is 4.85. The van der Waals surface area contributed by atoms with Crippen LogP contribution in [-0.2, 0) is 4.74 Å². The van der Waals surface area contributed by atoms with Gasteiger partial charge in [-0.1, -0.05) is 30.3 Å². The summed E-state index contributed by atoms with van der Waals surface area (Å²) >= 11 is 0. The molecule has 0 saturated carbocycles. The van der Waals surface area contributed by atoms with E-state index in [-0.39, 0.29) is 12.4 Å². The van der Waals surface area contributed by atoms with Crippen LogP contribution in [0.15, 0.2) is 54.6 Å². The lowest BCUT2D eigenvalue weighted by Crippen LogP contribution is -2.30. The first-order valence-corrected chi connectivity index (χ1v) is 6.65. The first-order valence-electron chi connectivity index (χ1n) is 6.65. The van der Waals surface area contributed by atoms with Crippen LogP contribution in [0.25, 0.3) is 0 Å². The van der Waals surface area contributed by atoms with Gasteiger partial charge in [0, 0.05) is 5.69 Å². The Kier molecular flexibility index (Phi) is 3.50. The van der Waals surface area contributed by atoms with Gasteiger partial charge in [-0.3, -0.25) is 4.90 Å². The summed E-state index contributed by atoms with van der Waals surface area (Å²) in [5.41, 5.74) is 1.50. The number of carbonyl (C=O) groups excluding carboxylic acids is 1. The minimum atomic E-state index is -0.637. The van der Waals surface area contributed by atoms with Crippen LogP contribution >= 0.6 is 0 Å². The molecule has 3 rings (SSSR count). The Bertz CT molecular complexity index is 626. The molecule has 21 heavy (non-hydrogen) atoms. The normalized spacial score (nSPS) is 21.4. The van der Waals surface area contributed by atoms with Crippen molar-refractivity contribution in [3.05, 3.63) is 60.2 Å². The lowest BCUT2D eigenvalue weighted by Gasteiger charge is -2.24. The number of ether oxygens (including phenoxy) is 1. The van der Waals surface area contributed by atoms with Gasteiger partial charge >= 0.3 is 6.09 Å². The van der Waals surface area contributed by atoms with Crippen LogP contribution < -0.4 is 4.90 Å². The number of cyclic esters (lactones) is 1. The lowest BCUT2D eigenvalue weighted by molar-refractivity contribution is 0.0829. The zero-order valence-corrected chi connectivity index (χ0v) is 11.2. The number of carbonyl (C=O) groups is 1. The SMILES string of the molecule is O=C1O[C@H](CO)[C@@H](c2ccc(O)cc2)N1c1ccccc1. The van der Waals surface area contributed by atoms with Crippen molar-refractivity contribution >= 4 is 11.8 Å². The number of anilines is 1. The number of hydrogen-bond acceptors (Lipinski definition) is 4. The molecule has 0 bridgehead atoms. The molecule has 0 unspecified atom stereocenters. The van der Waals surface area contributed by atoms with E-state index in [1.54, 1.807) is 24.3 Å². The van der Waals surface area contributed by atoms with Crippen molar-refractivity contribution in [2.24, 2.45) is 0 Å². The molecule has 0 radical (unpaired) electrons. The Balaban J connectivity index is 2.03. The van der Waals surface area contributed by atoms with Crippen LogP contribution in [0.4, 0.5) is 10.5 Å². The molecule has 2 atom stereocenters. The number of phenols is 1. The number of para-hydroxylation sites is 1. The van der Waals surface area contributed by atoms with E-state index in [2.05, 4.69) is 0 Å². The number of rotatable bonds is 3. The Hall–Kier alpha value is -2.53. The van der Waals surface area contributed by atoms with E-state index in [0.29, 0.717) is 5.69 Å². The number of hydrogen-bond donors (Lipinski definition) is 2. The highest BCUT2D eigenvalue weighted by Gasteiger charge is 2.43. The van der Waals surface area contributed by atoms with Gasteiger partial charge in [-0.2, -0.15) is 0 Å². The highest BCUT2D eigenvalue weighted by Crippen LogP contribution is 2.37. The highest BCUT2D eigenvalue weighted by atomic mass is 16.6. The average molecular weight is 285 g/mol. The number of benzene rings is 2. The van der Waals surface area contributed by atoms with Gasteiger partial charge in [-0.25, -0.2) is 4.79 Å². The van der Waals surface area contributed by atoms with Crippen molar-refractivity contribution in [2.45, 2.75) is 12.1 Å². The van der Waals surface area contributed by atoms with E-state index in [1.165, 1.54) is 4.90 Å². The fourth-order valence-electron chi connectivity index (χ4n) is 2.56. The zero-order chi connectivity index (χ0) is 14.8. The molecule has 108 valence electrons. The van der Waals surface area contributed by atoms with Gasteiger partial charge in [-0.05, 0) is 29.8 Å². The number of phenolic OH excluding ortho intramolecular Hbond substituents is 1. The van der Waals surface area contributed by atoms with Gasteiger partial charge in [0.05, 0.1) is 6.61 Å². The standard InChI is InChI=1S/C16H15NO4/c18-10-14-15(11-6-8-13(19)9-7-11)17(16(20)21-14)12-4-2-1-3-5-12/h1-9,14-15,18-19H,10H2/t14-,15-/m1/s1. The molecule has 5 heteroatoms. The van der Waals surface area contributed by atoms with Crippen molar-refractivity contribution in [1.82, 2.24) is 0 Å². The Labute approximate surface area is 122 Å². The quantitative estimate of drug-likeness (QED) is 0.908. The average Bonchev–Trinajstić information content (AvgIpc) is 2.85. The molecule has 2 aromatic rings. The third kappa shape index (κ3) is 2.43. The second kappa shape index (κ2) is 5.46. The highest BCUT2D eigenvalue weighted by molar-refractivity contribution is 5.91. The molecular weight excluding hydrogens is 270 g/mol. The van der Waals surface area contributed by atoms with Crippen LogP contribution in [-0.4, -0.2) is 29.0 Å². The lowest BCUT2D eigenvalue weighted by atomic mass is 10.0. The number of nitrogens with zero attached hydrogens (tertiary/aromatic N) is 1. The maximum absolute atomic E-state index is 12.1. The third-order valence-corrected chi connectivity index (χ3v) is 3.53. The monoisotopic (exact) mass is 285 g/mol. The van der Waals surface area contributed by atoms with Gasteiger partial charge in [0.25, 0.3) is 0 Å². The van der Waals surface area contributed by atoms with Crippen molar-refractivity contribution in [2.75, 3.05) is 11.5 Å². The molecule has 5 nitrogen and oxygen atoms in total. The van der Waals surface area contributed by atoms with Crippen LogP contribution in [0, 0.1) is 0 Å². The Morgan fingerprint density at radius 3 is 2.33 bits per heavy atom. The molecule has 1 fully saturated rings. The van der Waals surface area contributed by atoms with E-state index >= 15 is 0 Å². The number of aromatic hydroxyl groups is 1. The van der Waals surface area contributed by atoms with Crippen LogP contribution in [0.5, 0.6) is 5.75 Å². The molecule has 2 N–H and O–H groups in total. The fraction of sp³-hybridized carbons (Fsp3) is 0.188. The molecule has 1 aliphatic rings. The maximum Gasteiger partial charge on any atom is 0.415 e. The smallest absolute Gasteiger partial charge is 0.415 e. The fourth-order valence-corrected chi connectivity index (χ4v) is 2.56. The van der Waals surface area contributed by atoms with Gasteiger partial charge in [0.2, 0.25) is 0 Å². The third-order valence-electron chi connectivity index (χ3n) is 3.53. The van der Waals surface area contributed by atoms with Crippen molar-refractivity contribution in [1.29, 1.82) is 0 Å². The molecule has 1 amide bonds. The van der Waals surface area contributed by atoms with Crippen molar-refractivity contribution < 1.29 is 19.7 Å². The predicted octanol–water partition coefficient (Wildman–Crippen LogP) is 2.45. The second-order valence-corrected chi connectivity index (χ2v) is 4.85. The van der Waals surface area contributed by atoms with E-state index in [9.17, 15) is 15.0 Å². The molecule has 0 aromatic heterocycles. The topological polar surface area (TPSA) is 70.0 Å². The number of amides is 1. The van der Waals surface area contributed by atoms with E-state index < -0.39 is 18.2 Å². The summed E-state index contributed by atoms with van der Waals surface area (Å²) in [6, 6.07) is 15.3. The minimum Gasteiger partial charge on any atom is -0.508 e. The molecule has 1 aliphatic heterocycles. The van der Waals surface area contributed by atoms with Gasteiger partial charge in [0.15, 0.2) is 6.10 Å². The molecular formula is C16H15NO4. The summed E-state index contributed by atoms with van der Waals surface area (Å²) in [6.07, 6.45) is -1.12. The predicted molar refractivity (Wildman–Crippen MR) is 77.1 cm³/mol. The van der Waals surface area contributed by atoms with Crippen molar-refractivity contribution in [3.8, 4) is 5.75 Å². The van der Waals surface area contributed by atoms with Crippen LogP contribution in [0.2, 0.25) is 0 Å². The van der Waals surface area contributed by atoms with Crippen LogP contribution in [0.3, 0.4) is 0 Å². The molecule has 1 saturated heterocycles. The first-order chi connectivity index (χ1) is 10.2. The Morgan fingerprint density at radius 2 is 1.71 bits per heavy atom. The minimum absolute atomic E-state index is 0.149. The summed E-state index contributed by atoms with van der Waals surface area (Å²) < 4.78 is 5.25. The largest absolute Gasteiger partial charge is 0.508 e. The molecule has 0 spiro atoms. The van der Waals surface area contributed by atoms with Gasteiger partial charge in [0.1, 0.15) is 11.8 Å². The molecule has 1 heterocycles. The summed E-state index contributed by atoms with van der Waals surface area (Å²) in [5, 5.41) is 18.9. The number of aliphatic hydroxyl groups excluding tert-OH is 1. The van der Waals surface area contributed by atoms with Crippen molar-refractivity contribution in [3.63, 3.8) is 0 Å². The Morgan fingerprint density at radius 1 is 1.05 bits per heavy atom. The van der Waals surface area contributed by atoms with Crippen LogP contribution in [0.1, 0.15) is 11.6 Å². The summed E-state index contributed by atoms with van der Waals surface area (Å²) in [5.74, 6) is 0.149. The van der Waals surface area contributed by atoms with Gasteiger partial charge < -0.3 is 14.9 Å².